The number of ketones is 1. The topological polar surface area (TPSA) is 43.4 Å². The number of rotatable bonds is 14. The number of ether oxygens (including phenoxy) is 1. The zero-order chi connectivity index (χ0) is 17.5. The number of unbranched alkanes of at least 4 members (excludes halogenated alkanes) is 6. The number of esters is 1. The molecule has 0 spiro atoms. The standard InChI is InChI=1S/C21H32O3/c1-24-21(23)18-10-5-3-2-4-9-16-20(22)17-12-11-15-19-13-7-6-8-14-19/h6-8,13-14H,2-5,9-12,15-18H2,1H3. The minimum absolute atomic E-state index is 0.118. The van der Waals surface area contributed by atoms with Gasteiger partial charge in [0.1, 0.15) is 5.78 Å². The maximum atomic E-state index is 11.8. The van der Waals surface area contributed by atoms with Gasteiger partial charge in [0.05, 0.1) is 7.11 Å². The van der Waals surface area contributed by atoms with E-state index < -0.39 is 0 Å². The Bertz CT molecular complexity index is 453. The van der Waals surface area contributed by atoms with E-state index >= 15 is 0 Å². The Morgan fingerprint density at radius 1 is 0.750 bits per heavy atom. The molecule has 0 saturated carbocycles. The number of hydrogen-bond acceptors (Lipinski definition) is 3. The van der Waals surface area contributed by atoms with Gasteiger partial charge in [-0.25, -0.2) is 0 Å². The monoisotopic (exact) mass is 332 g/mol. The molecule has 1 aromatic rings. The maximum Gasteiger partial charge on any atom is 0.305 e. The van der Waals surface area contributed by atoms with Crippen molar-refractivity contribution in [1.29, 1.82) is 0 Å². The van der Waals surface area contributed by atoms with E-state index in [1.54, 1.807) is 0 Å². The fourth-order valence-electron chi connectivity index (χ4n) is 2.82. The average Bonchev–Trinajstić information content (AvgIpc) is 2.61. The second kappa shape index (κ2) is 13.8. The molecule has 1 aromatic carbocycles. The lowest BCUT2D eigenvalue weighted by Crippen LogP contribution is -1.99. The molecule has 0 unspecified atom stereocenters. The number of benzene rings is 1. The van der Waals surface area contributed by atoms with Crippen molar-refractivity contribution in [2.45, 2.75) is 77.0 Å². The van der Waals surface area contributed by atoms with Crippen molar-refractivity contribution in [3.8, 4) is 0 Å². The van der Waals surface area contributed by atoms with E-state index in [4.69, 9.17) is 0 Å². The fraction of sp³-hybridized carbons (Fsp3) is 0.619. The summed E-state index contributed by atoms with van der Waals surface area (Å²) >= 11 is 0. The molecule has 0 radical (unpaired) electrons. The van der Waals surface area contributed by atoms with Gasteiger partial charge in [-0.15, -0.1) is 0 Å². The molecule has 0 saturated heterocycles. The third-order valence-corrected chi connectivity index (χ3v) is 4.33. The van der Waals surface area contributed by atoms with Gasteiger partial charge in [-0.05, 0) is 37.7 Å². The summed E-state index contributed by atoms with van der Waals surface area (Å²) in [5.74, 6) is 0.293. The minimum Gasteiger partial charge on any atom is -0.469 e. The van der Waals surface area contributed by atoms with Gasteiger partial charge in [-0.2, -0.15) is 0 Å². The lowest BCUT2D eigenvalue weighted by molar-refractivity contribution is -0.140. The van der Waals surface area contributed by atoms with Crippen LogP contribution >= 0.6 is 0 Å². The second-order valence-electron chi connectivity index (χ2n) is 6.43. The second-order valence-corrected chi connectivity index (χ2v) is 6.43. The van der Waals surface area contributed by atoms with Gasteiger partial charge in [0.15, 0.2) is 0 Å². The largest absolute Gasteiger partial charge is 0.469 e. The molecule has 0 bridgehead atoms. The first-order chi connectivity index (χ1) is 11.7. The fourth-order valence-corrected chi connectivity index (χ4v) is 2.82. The molecule has 3 nitrogen and oxygen atoms in total. The van der Waals surface area contributed by atoms with Crippen LogP contribution in [-0.4, -0.2) is 18.9 Å². The predicted octanol–water partition coefficient (Wildman–Crippen LogP) is 5.26. The summed E-state index contributed by atoms with van der Waals surface area (Å²) in [7, 11) is 1.43. The number of Topliss-reactive ketones (excluding diaryl/α,β-unsaturated/α-hetero) is 1. The van der Waals surface area contributed by atoms with Crippen LogP contribution in [0.25, 0.3) is 0 Å². The van der Waals surface area contributed by atoms with Gasteiger partial charge in [-0.1, -0.05) is 56.0 Å². The van der Waals surface area contributed by atoms with Crippen LogP contribution in [0.5, 0.6) is 0 Å². The van der Waals surface area contributed by atoms with Crippen LogP contribution in [0.4, 0.5) is 0 Å². The number of aryl methyl sites for hydroxylation is 1. The van der Waals surface area contributed by atoms with E-state index in [1.807, 2.05) is 6.07 Å². The molecule has 24 heavy (non-hydrogen) atoms. The van der Waals surface area contributed by atoms with Crippen LogP contribution < -0.4 is 0 Å². The number of carbonyl (C=O) groups is 2. The minimum atomic E-state index is -0.118. The summed E-state index contributed by atoms with van der Waals surface area (Å²) in [6, 6.07) is 10.5. The maximum absolute atomic E-state index is 11.8. The molecule has 0 atom stereocenters. The third-order valence-electron chi connectivity index (χ3n) is 4.33. The molecular weight excluding hydrogens is 300 g/mol. The van der Waals surface area contributed by atoms with E-state index in [0.717, 1.165) is 70.6 Å². The number of methoxy groups -OCH3 is 1. The Hall–Kier alpha value is -1.64. The molecule has 1 rings (SSSR count). The molecule has 0 amide bonds. The molecule has 0 aliphatic heterocycles. The van der Waals surface area contributed by atoms with Crippen molar-refractivity contribution >= 4 is 11.8 Å². The van der Waals surface area contributed by atoms with Crippen molar-refractivity contribution in [3.63, 3.8) is 0 Å². The molecule has 0 aliphatic rings. The van der Waals surface area contributed by atoms with Crippen molar-refractivity contribution in [2.75, 3.05) is 7.11 Å². The Morgan fingerprint density at radius 2 is 1.29 bits per heavy atom. The average molecular weight is 332 g/mol. The van der Waals surface area contributed by atoms with Crippen molar-refractivity contribution < 1.29 is 14.3 Å². The van der Waals surface area contributed by atoms with E-state index in [1.165, 1.54) is 12.7 Å². The molecule has 0 N–H and O–H groups in total. The summed E-state index contributed by atoms with van der Waals surface area (Å²) in [5, 5.41) is 0. The van der Waals surface area contributed by atoms with Gasteiger partial charge < -0.3 is 4.74 Å². The first-order valence-corrected chi connectivity index (χ1v) is 9.35. The van der Waals surface area contributed by atoms with Crippen LogP contribution in [0.2, 0.25) is 0 Å². The lowest BCUT2D eigenvalue weighted by atomic mass is 10.0. The zero-order valence-corrected chi connectivity index (χ0v) is 15.1. The molecule has 134 valence electrons. The van der Waals surface area contributed by atoms with Gasteiger partial charge in [-0.3, -0.25) is 9.59 Å². The van der Waals surface area contributed by atoms with E-state index in [0.29, 0.717) is 12.2 Å². The first-order valence-electron chi connectivity index (χ1n) is 9.35. The van der Waals surface area contributed by atoms with Crippen LogP contribution in [-0.2, 0) is 20.7 Å². The van der Waals surface area contributed by atoms with Gasteiger partial charge >= 0.3 is 5.97 Å². The molecule has 0 fully saturated rings. The quantitative estimate of drug-likeness (QED) is 0.345. The lowest BCUT2D eigenvalue weighted by Gasteiger charge is -2.03. The van der Waals surface area contributed by atoms with E-state index in [2.05, 4.69) is 29.0 Å². The molecule has 3 heteroatoms. The normalized spacial score (nSPS) is 10.5. The summed E-state index contributed by atoms with van der Waals surface area (Å²) < 4.78 is 4.61. The molecule has 0 aromatic heterocycles. The summed E-state index contributed by atoms with van der Waals surface area (Å²) in [4.78, 5) is 22.8. The Kier molecular flexibility index (Phi) is 11.7. The van der Waals surface area contributed by atoms with Crippen LogP contribution in [0, 0.1) is 0 Å². The number of carbonyl (C=O) groups excluding carboxylic acids is 2. The molecular formula is C21H32O3. The molecule has 0 heterocycles. The van der Waals surface area contributed by atoms with Crippen molar-refractivity contribution in [2.24, 2.45) is 0 Å². The number of hydrogen-bond donors (Lipinski definition) is 0. The molecule has 0 aliphatic carbocycles. The summed E-state index contributed by atoms with van der Waals surface area (Å²) in [5.41, 5.74) is 1.36. The van der Waals surface area contributed by atoms with Crippen LogP contribution in [0.15, 0.2) is 30.3 Å². The smallest absolute Gasteiger partial charge is 0.305 e. The van der Waals surface area contributed by atoms with Crippen LogP contribution in [0.3, 0.4) is 0 Å². The summed E-state index contributed by atoms with van der Waals surface area (Å²) in [6.45, 7) is 0. The first kappa shape index (κ1) is 20.4. The van der Waals surface area contributed by atoms with Crippen molar-refractivity contribution in [3.05, 3.63) is 35.9 Å². The van der Waals surface area contributed by atoms with Crippen molar-refractivity contribution in [1.82, 2.24) is 0 Å². The third kappa shape index (κ3) is 11.0. The Morgan fingerprint density at radius 3 is 1.92 bits per heavy atom. The zero-order valence-electron chi connectivity index (χ0n) is 15.1. The van der Waals surface area contributed by atoms with Gasteiger partial charge in [0.2, 0.25) is 0 Å². The van der Waals surface area contributed by atoms with E-state index in [9.17, 15) is 9.59 Å². The summed E-state index contributed by atoms with van der Waals surface area (Å²) in [6.07, 6.45) is 11.6. The highest BCUT2D eigenvalue weighted by molar-refractivity contribution is 5.78. The Labute approximate surface area is 146 Å². The van der Waals surface area contributed by atoms with E-state index in [-0.39, 0.29) is 5.97 Å². The Balaban J connectivity index is 1.87. The van der Waals surface area contributed by atoms with Gasteiger partial charge in [0.25, 0.3) is 0 Å². The van der Waals surface area contributed by atoms with Crippen LogP contribution in [0.1, 0.15) is 76.2 Å². The highest BCUT2D eigenvalue weighted by Gasteiger charge is 2.03. The highest BCUT2D eigenvalue weighted by Crippen LogP contribution is 2.11. The highest BCUT2D eigenvalue weighted by atomic mass is 16.5. The SMILES string of the molecule is COC(=O)CCCCCCCCC(=O)CCCCc1ccccc1. The van der Waals surface area contributed by atoms with Gasteiger partial charge in [0, 0.05) is 19.3 Å². The predicted molar refractivity (Wildman–Crippen MR) is 98.0 cm³/mol.